The number of benzene rings is 2. The molecule has 17 nitrogen and oxygen atoms in total. The molecule has 6 aliphatic heterocycles. The number of nitrogens with zero attached hydrogens (tertiary/aromatic N) is 8. The van der Waals surface area contributed by atoms with Crippen molar-refractivity contribution in [3.8, 4) is 0 Å². The SMILES string of the molecule is O=C(c1cc(NC2CCS(O)(O)CC2)nc(N2CC[C@@H](N3CCc4ccccc4C3)[C@H](O)C2)n1)c1cc(NC2CCS(O)(O)CC2)nc(N2CC[C@@H](N3CCc4ccccc4C3)[C@H](O)C2)n1. The summed E-state index contributed by atoms with van der Waals surface area (Å²) in [6.07, 6.45) is 3.99. The number of carbonyl (C=O) groups is 1. The highest BCUT2D eigenvalue weighted by Gasteiger charge is 2.37. The third-order valence-corrected chi connectivity index (χ3v) is 18.2. The summed E-state index contributed by atoms with van der Waals surface area (Å²) in [6, 6.07) is 19.9. The number of hydrogen-bond donors (Lipinski definition) is 8. The largest absolute Gasteiger partial charge is 0.390 e. The molecule has 6 aliphatic rings. The normalized spacial score (nSPS) is 27.3. The van der Waals surface area contributed by atoms with Crippen LogP contribution in [0.15, 0.2) is 60.7 Å². The Morgan fingerprint density at radius 2 is 0.939 bits per heavy atom. The molecule has 0 unspecified atom stereocenters. The number of carbonyl (C=O) groups excluding carboxylic acids is 1. The third kappa shape index (κ3) is 10.3. The maximum atomic E-state index is 14.9. The van der Waals surface area contributed by atoms with Crippen molar-refractivity contribution in [1.29, 1.82) is 0 Å². The summed E-state index contributed by atoms with van der Waals surface area (Å²) in [7, 11) is -5.24. The highest BCUT2D eigenvalue weighted by atomic mass is 32.3. The van der Waals surface area contributed by atoms with E-state index in [4.69, 9.17) is 19.9 Å². The van der Waals surface area contributed by atoms with Crippen molar-refractivity contribution in [3.63, 3.8) is 0 Å². The molecule has 0 saturated carbocycles. The standard InChI is InChI=1S/C47H64N10O7S2/c58-41-29-56(19-11-39(41)54-17-9-31-5-1-3-7-33(31)27-54)46-50-37(25-43(52-46)48-35-13-21-65(61,62)22-14-35)45(60)38-26-44(49-36-15-23-66(63,64)24-16-36)53-47(51-38)57-20-12-40(42(59)30-57)55-18-10-32-6-2-4-8-34(32)28-55/h1-8,25-26,35-36,39-42,58-59,61-64H,9-24,27-30H2,(H,48,50,52)(H,49,51,53)/t39-,40-,41-,42-/m1/s1. The smallest absolute Gasteiger partial charge is 0.230 e. The van der Waals surface area contributed by atoms with Crippen LogP contribution in [0.3, 0.4) is 0 Å². The second-order valence-electron chi connectivity index (χ2n) is 19.2. The van der Waals surface area contributed by atoms with E-state index < -0.39 is 39.2 Å². The molecule has 4 saturated heterocycles. The van der Waals surface area contributed by atoms with Crippen LogP contribution >= 0.6 is 21.2 Å². The summed E-state index contributed by atoms with van der Waals surface area (Å²) in [4.78, 5) is 43.1. The van der Waals surface area contributed by atoms with E-state index in [1.165, 1.54) is 22.3 Å². The van der Waals surface area contributed by atoms with E-state index in [1.807, 2.05) is 9.80 Å². The molecule has 0 bridgehead atoms. The van der Waals surface area contributed by atoms with E-state index in [2.05, 4.69) is 69.0 Å². The zero-order valence-electron chi connectivity index (χ0n) is 37.4. The number of ketones is 1. The van der Waals surface area contributed by atoms with Crippen LogP contribution in [0.25, 0.3) is 0 Å². The van der Waals surface area contributed by atoms with Crippen molar-refractivity contribution in [3.05, 3.63) is 94.3 Å². The molecule has 4 aromatic rings. The van der Waals surface area contributed by atoms with Gasteiger partial charge in [0.25, 0.3) is 0 Å². The monoisotopic (exact) mass is 944 g/mol. The predicted octanol–water partition coefficient (Wildman–Crippen LogP) is 5.14. The Hall–Kier alpha value is -4.15. The summed E-state index contributed by atoms with van der Waals surface area (Å²) in [5.74, 6) is 2.16. The van der Waals surface area contributed by atoms with Crippen LogP contribution in [-0.4, -0.2) is 163 Å². The molecule has 2 aromatic carbocycles. The Bertz CT molecular complexity index is 2220. The maximum absolute atomic E-state index is 14.9. The summed E-state index contributed by atoms with van der Waals surface area (Å²) >= 11 is 0. The minimum atomic E-state index is -2.62. The van der Waals surface area contributed by atoms with Crippen molar-refractivity contribution < 1.29 is 33.2 Å². The first kappa shape index (κ1) is 45.6. The van der Waals surface area contributed by atoms with Crippen LogP contribution in [0, 0.1) is 0 Å². The lowest BCUT2D eigenvalue weighted by molar-refractivity contribution is 0.0291. The average molecular weight is 945 g/mol. The van der Waals surface area contributed by atoms with E-state index in [1.54, 1.807) is 12.1 Å². The van der Waals surface area contributed by atoms with E-state index in [-0.39, 0.29) is 71.7 Å². The summed E-state index contributed by atoms with van der Waals surface area (Å²) in [5.41, 5.74) is 5.51. The van der Waals surface area contributed by atoms with E-state index >= 15 is 0 Å². The molecule has 8 N–H and O–H groups in total. The summed E-state index contributed by atoms with van der Waals surface area (Å²) in [6.45, 7) is 5.01. The lowest BCUT2D eigenvalue weighted by atomic mass is 9.94. The molecule has 0 radical (unpaired) electrons. The van der Waals surface area contributed by atoms with Crippen LogP contribution in [0.1, 0.15) is 77.0 Å². The van der Waals surface area contributed by atoms with Gasteiger partial charge in [0.2, 0.25) is 17.7 Å². The number of aliphatic hydroxyl groups is 2. The average Bonchev–Trinajstić information content (AvgIpc) is 3.32. The van der Waals surface area contributed by atoms with E-state index in [9.17, 15) is 33.2 Å². The molecular weight excluding hydrogens is 881 g/mol. The van der Waals surface area contributed by atoms with Gasteiger partial charge in [-0.1, -0.05) is 48.5 Å². The fraction of sp³-hybridized carbons (Fsp3) is 0.553. The van der Waals surface area contributed by atoms with Gasteiger partial charge in [-0.05, 0) is 73.6 Å². The molecule has 4 fully saturated rings. The summed E-state index contributed by atoms with van der Waals surface area (Å²) < 4.78 is 41.4. The van der Waals surface area contributed by atoms with Crippen molar-refractivity contribution in [2.45, 2.75) is 101 Å². The molecule has 2 aromatic heterocycles. The Kier molecular flexibility index (Phi) is 13.2. The van der Waals surface area contributed by atoms with Gasteiger partial charge in [-0.25, -0.2) is 9.97 Å². The maximum Gasteiger partial charge on any atom is 0.230 e. The molecule has 66 heavy (non-hydrogen) atoms. The Morgan fingerprint density at radius 1 is 0.545 bits per heavy atom. The fourth-order valence-corrected chi connectivity index (χ4v) is 13.9. The highest BCUT2D eigenvalue weighted by molar-refractivity contribution is 8.24. The number of β-amino-alcohol motifs (C(OH)–C–C–N with tert-alkyl or cyclic N) is 2. The lowest BCUT2D eigenvalue weighted by Gasteiger charge is -2.43. The van der Waals surface area contributed by atoms with Gasteiger partial charge in [0, 0.05) is 112 Å². The van der Waals surface area contributed by atoms with Crippen molar-refractivity contribution >= 4 is 50.5 Å². The van der Waals surface area contributed by atoms with Gasteiger partial charge >= 0.3 is 0 Å². The first-order chi connectivity index (χ1) is 31.8. The van der Waals surface area contributed by atoms with Gasteiger partial charge < -0.3 is 30.6 Å². The molecule has 4 atom stereocenters. The van der Waals surface area contributed by atoms with Gasteiger partial charge in [0.1, 0.15) is 23.0 Å². The Morgan fingerprint density at radius 3 is 1.33 bits per heavy atom. The topological polar surface area (TPSA) is 227 Å². The molecule has 0 aliphatic carbocycles. The van der Waals surface area contributed by atoms with Gasteiger partial charge in [-0.3, -0.25) is 32.8 Å². The fourth-order valence-electron chi connectivity index (χ4n) is 10.8. The highest BCUT2D eigenvalue weighted by Crippen LogP contribution is 2.45. The summed E-state index contributed by atoms with van der Waals surface area (Å²) in [5, 5.41) is 30.3. The first-order valence-electron chi connectivity index (χ1n) is 23.6. The second kappa shape index (κ2) is 19.1. The van der Waals surface area contributed by atoms with E-state index in [0.717, 1.165) is 39.0 Å². The number of nitrogens with one attached hydrogen (secondary N) is 2. The van der Waals surface area contributed by atoms with Crippen LogP contribution in [-0.2, 0) is 25.9 Å². The third-order valence-electron chi connectivity index (χ3n) is 14.7. The molecule has 0 amide bonds. The molecule has 19 heteroatoms. The first-order valence-corrected chi connectivity index (χ1v) is 27.4. The van der Waals surface area contributed by atoms with Crippen molar-refractivity contribution in [2.24, 2.45) is 0 Å². The predicted molar refractivity (Wildman–Crippen MR) is 260 cm³/mol. The number of fused-ring (bicyclic) bond motifs is 2. The molecule has 356 valence electrons. The number of aromatic nitrogens is 4. The second-order valence-corrected chi connectivity index (χ2v) is 24.0. The van der Waals surface area contributed by atoms with Gasteiger partial charge in [0.15, 0.2) is 0 Å². The Labute approximate surface area is 389 Å². The van der Waals surface area contributed by atoms with Crippen molar-refractivity contribution in [1.82, 2.24) is 29.7 Å². The number of rotatable bonds is 10. The minimum Gasteiger partial charge on any atom is -0.390 e. The number of piperidine rings is 2. The van der Waals surface area contributed by atoms with Gasteiger partial charge in [-0.15, -0.1) is 0 Å². The van der Waals surface area contributed by atoms with Crippen molar-refractivity contribution in [2.75, 3.05) is 82.7 Å². The van der Waals surface area contributed by atoms with Gasteiger partial charge in [-0.2, -0.15) is 31.1 Å². The molecule has 0 spiro atoms. The molecule has 8 heterocycles. The Balaban J connectivity index is 0.919. The van der Waals surface area contributed by atoms with Gasteiger partial charge in [0.05, 0.1) is 12.2 Å². The van der Waals surface area contributed by atoms with Crippen LogP contribution < -0.4 is 20.4 Å². The quantitative estimate of drug-likeness (QED) is 0.0963. The number of hydrogen-bond acceptors (Lipinski definition) is 17. The molecular formula is C47H64N10O7S2. The number of aliphatic hydroxyl groups excluding tert-OH is 2. The molecule has 10 rings (SSSR count). The van der Waals surface area contributed by atoms with Crippen LogP contribution in [0.5, 0.6) is 0 Å². The number of anilines is 4. The minimum absolute atomic E-state index is 0.0405. The van der Waals surface area contributed by atoms with E-state index in [0.29, 0.717) is 75.1 Å². The van der Waals surface area contributed by atoms with Crippen LogP contribution in [0.2, 0.25) is 0 Å². The lowest BCUT2D eigenvalue weighted by Crippen LogP contribution is -2.55. The zero-order valence-corrected chi connectivity index (χ0v) is 39.0. The van der Waals surface area contributed by atoms with Crippen LogP contribution in [0.4, 0.5) is 23.5 Å². The zero-order chi connectivity index (χ0) is 45.6.